The fraction of sp³-hybridized carbons (Fsp3) is 0.391. The zero-order chi connectivity index (χ0) is 25.4. The van der Waals surface area contributed by atoms with Crippen molar-refractivity contribution in [1.82, 2.24) is 0 Å². The number of phenolic OH excluding ortho intramolecular Hbond substituents is 3. The average molecular weight is 492 g/mol. The molecule has 1 fully saturated rings. The Bertz CT molecular complexity index is 1130. The molecule has 6 atom stereocenters. The Morgan fingerprint density at radius 2 is 1.74 bits per heavy atom. The Balaban J connectivity index is 1.59. The normalized spacial score (nSPS) is 28.1. The van der Waals surface area contributed by atoms with E-state index in [4.69, 9.17) is 18.9 Å². The molecular weight excluding hydrogens is 468 g/mol. The third-order valence-electron chi connectivity index (χ3n) is 5.69. The number of carbonyl (C=O) groups is 2. The molecule has 12 nitrogen and oxygen atoms in total. The summed E-state index contributed by atoms with van der Waals surface area (Å²) in [4.78, 5) is 24.8. The van der Waals surface area contributed by atoms with Gasteiger partial charge in [0.05, 0.1) is 13.0 Å². The summed E-state index contributed by atoms with van der Waals surface area (Å²) in [6.07, 6.45) is -9.65. The second-order valence-corrected chi connectivity index (χ2v) is 8.06. The second kappa shape index (κ2) is 9.58. The SMILES string of the molecule is CCOC(=O)[C@H]1O[C@@H](Oc2cc(O)c3c(c2)O[C@H](c2ccc(O)c(O)c2)CC3=O)[C@H](O)[C@@H](O)[C@@H]1O. The number of rotatable bonds is 5. The number of esters is 1. The smallest absolute Gasteiger partial charge is 0.338 e. The van der Waals surface area contributed by atoms with Crippen LogP contribution >= 0.6 is 0 Å². The van der Waals surface area contributed by atoms with Crippen LogP contribution in [0.5, 0.6) is 28.7 Å². The number of Topliss-reactive ketones (excluding diaryl/α,β-unsaturated/α-hetero) is 1. The minimum atomic E-state index is -1.81. The number of fused-ring (bicyclic) bond motifs is 1. The Hall–Kier alpha value is -3.58. The van der Waals surface area contributed by atoms with Gasteiger partial charge in [-0.15, -0.1) is 0 Å². The maximum absolute atomic E-state index is 12.7. The lowest BCUT2D eigenvalue weighted by Crippen LogP contribution is -2.61. The standard InChI is InChI=1S/C23H24O12/c1-2-32-22(31)21-19(29)18(28)20(30)23(35-21)33-10-6-13(26)17-14(27)8-15(34-16(17)7-10)9-3-4-11(24)12(25)5-9/h3-7,15,18-21,23-26,28-30H,2,8H2,1H3/t15-,18-,19-,20+,21-,23+/m0/s1. The van der Waals surface area contributed by atoms with Gasteiger partial charge in [0, 0.05) is 12.1 Å². The number of carbonyl (C=O) groups excluding carboxylic acids is 2. The van der Waals surface area contributed by atoms with Crippen molar-refractivity contribution in [3.63, 3.8) is 0 Å². The molecule has 35 heavy (non-hydrogen) atoms. The predicted molar refractivity (Wildman–Crippen MR) is 114 cm³/mol. The molecule has 0 bridgehead atoms. The molecule has 2 aromatic carbocycles. The van der Waals surface area contributed by atoms with Crippen molar-refractivity contribution in [2.75, 3.05) is 6.61 Å². The first-order chi connectivity index (χ1) is 16.6. The minimum absolute atomic E-state index is 0.0143. The molecule has 12 heteroatoms. The lowest BCUT2D eigenvalue weighted by molar-refractivity contribution is -0.272. The van der Waals surface area contributed by atoms with E-state index in [0.717, 1.165) is 6.07 Å². The first kappa shape index (κ1) is 24.5. The second-order valence-electron chi connectivity index (χ2n) is 8.06. The molecule has 0 aliphatic carbocycles. The van der Waals surface area contributed by atoms with Crippen molar-refractivity contribution in [3.05, 3.63) is 41.5 Å². The number of benzene rings is 2. The molecule has 2 aromatic rings. The number of phenols is 3. The molecule has 2 heterocycles. The van der Waals surface area contributed by atoms with Crippen molar-refractivity contribution >= 4 is 11.8 Å². The lowest BCUT2D eigenvalue weighted by atomic mass is 9.95. The van der Waals surface area contributed by atoms with Crippen molar-refractivity contribution in [1.29, 1.82) is 0 Å². The molecule has 2 aliphatic heterocycles. The van der Waals surface area contributed by atoms with Gasteiger partial charge in [0.2, 0.25) is 6.29 Å². The largest absolute Gasteiger partial charge is 0.507 e. The average Bonchev–Trinajstić information content (AvgIpc) is 2.80. The van der Waals surface area contributed by atoms with Gasteiger partial charge in [-0.1, -0.05) is 6.07 Å². The van der Waals surface area contributed by atoms with E-state index in [0.29, 0.717) is 5.56 Å². The molecule has 0 aromatic heterocycles. The molecule has 6 N–H and O–H groups in total. The number of ketones is 1. The van der Waals surface area contributed by atoms with Crippen LogP contribution in [0.2, 0.25) is 0 Å². The van der Waals surface area contributed by atoms with E-state index in [1.165, 1.54) is 31.2 Å². The van der Waals surface area contributed by atoms with Crippen LogP contribution in [0.1, 0.15) is 35.4 Å². The summed E-state index contributed by atoms with van der Waals surface area (Å²) in [5.74, 6) is -2.86. The molecule has 0 radical (unpaired) electrons. The van der Waals surface area contributed by atoms with Gasteiger partial charge in [0.25, 0.3) is 0 Å². The van der Waals surface area contributed by atoms with E-state index in [1.807, 2.05) is 0 Å². The first-order valence-electron chi connectivity index (χ1n) is 10.7. The van der Waals surface area contributed by atoms with Crippen LogP contribution < -0.4 is 9.47 Å². The van der Waals surface area contributed by atoms with Gasteiger partial charge in [0.15, 0.2) is 23.4 Å². The lowest BCUT2D eigenvalue weighted by Gasteiger charge is -2.39. The van der Waals surface area contributed by atoms with E-state index >= 15 is 0 Å². The van der Waals surface area contributed by atoms with E-state index in [9.17, 15) is 40.2 Å². The van der Waals surface area contributed by atoms with Crippen molar-refractivity contribution in [2.24, 2.45) is 0 Å². The van der Waals surface area contributed by atoms with Gasteiger partial charge >= 0.3 is 5.97 Å². The molecule has 0 amide bonds. The van der Waals surface area contributed by atoms with Gasteiger partial charge < -0.3 is 49.6 Å². The molecule has 0 spiro atoms. The maximum Gasteiger partial charge on any atom is 0.338 e. The Labute approximate surface area is 198 Å². The van der Waals surface area contributed by atoms with Gasteiger partial charge in [-0.05, 0) is 24.6 Å². The first-order valence-corrected chi connectivity index (χ1v) is 10.7. The summed E-state index contributed by atoms with van der Waals surface area (Å²) < 4.78 is 21.5. The number of aliphatic hydroxyl groups excluding tert-OH is 3. The fourth-order valence-electron chi connectivity index (χ4n) is 3.91. The third-order valence-corrected chi connectivity index (χ3v) is 5.69. The number of hydrogen-bond acceptors (Lipinski definition) is 12. The summed E-state index contributed by atoms with van der Waals surface area (Å²) in [6.45, 7) is 1.52. The Morgan fingerprint density at radius 1 is 1.00 bits per heavy atom. The zero-order valence-corrected chi connectivity index (χ0v) is 18.4. The molecule has 0 saturated carbocycles. The highest BCUT2D eigenvalue weighted by molar-refractivity contribution is 6.02. The number of aromatic hydroxyl groups is 3. The number of ether oxygens (including phenoxy) is 4. The minimum Gasteiger partial charge on any atom is -0.507 e. The third kappa shape index (κ3) is 4.68. The van der Waals surface area contributed by atoms with Gasteiger partial charge in [0.1, 0.15) is 47.2 Å². The van der Waals surface area contributed by atoms with Crippen LogP contribution in [0.4, 0.5) is 0 Å². The molecule has 4 rings (SSSR count). The summed E-state index contributed by atoms with van der Waals surface area (Å²) in [5.41, 5.74) is 0.284. The summed E-state index contributed by atoms with van der Waals surface area (Å²) in [7, 11) is 0. The number of hydrogen-bond donors (Lipinski definition) is 6. The monoisotopic (exact) mass is 492 g/mol. The molecule has 0 unspecified atom stereocenters. The maximum atomic E-state index is 12.7. The highest BCUT2D eigenvalue weighted by Gasteiger charge is 2.48. The number of aliphatic hydroxyl groups is 3. The molecule has 2 aliphatic rings. The van der Waals surface area contributed by atoms with Gasteiger partial charge in [-0.25, -0.2) is 4.79 Å². The van der Waals surface area contributed by atoms with E-state index < -0.39 is 60.1 Å². The van der Waals surface area contributed by atoms with E-state index in [2.05, 4.69) is 0 Å². The Morgan fingerprint density at radius 3 is 2.43 bits per heavy atom. The molecule has 1 saturated heterocycles. The van der Waals surface area contributed by atoms with Crippen molar-refractivity contribution < 1.29 is 59.2 Å². The summed E-state index contributed by atoms with van der Waals surface area (Å²) in [5, 5.41) is 60.2. The van der Waals surface area contributed by atoms with Crippen LogP contribution in [-0.4, -0.2) is 79.7 Å². The van der Waals surface area contributed by atoms with Crippen LogP contribution in [0.3, 0.4) is 0 Å². The van der Waals surface area contributed by atoms with Gasteiger partial charge in [-0.2, -0.15) is 0 Å². The highest BCUT2D eigenvalue weighted by Crippen LogP contribution is 2.43. The van der Waals surface area contributed by atoms with Crippen LogP contribution in [0, 0.1) is 0 Å². The van der Waals surface area contributed by atoms with Crippen molar-refractivity contribution in [3.8, 4) is 28.7 Å². The molecular formula is C23H24O12. The van der Waals surface area contributed by atoms with E-state index in [-0.39, 0.29) is 35.8 Å². The van der Waals surface area contributed by atoms with E-state index in [1.54, 1.807) is 0 Å². The highest BCUT2D eigenvalue weighted by atomic mass is 16.7. The van der Waals surface area contributed by atoms with Gasteiger partial charge in [-0.3, -0.25) is 4.79 Å². The van der Waals surface area contributed by atoms with Crippen LogP contribution in [0.15, 0.2) is 30.3 Å². The predicted octanol–water partition coefficient (Wildman–Crippen LogP) is 0.259. The van der Waals surface area contributed by atoms with Crippen molar-refractivity contribution in [2.45, 2.75) is 50.2 Å². The fourth-order valence-corrected chi connectivity index (χ4v) is 3.91. The quantitative estimate of drug-likeness (QED) is 0.247. The Kier molecular flexibility index (Phi) is 6.72. The van der Waals surface area contributed by atoms with Crippen LogP contribution in [0.25, 0.3) is 0 Å². The summed E-state index contributed by atoms with van der Waals surface area (Å²) in [6, 6.07) is 6.26. The topological polar surface area (TPSA) is 192 Å². The molecule has 188 valence electrons. The zero-order valence-electron chi connectivity index (χ0n) is 18.4. The summed E-state index contributed by atoms with van der Waals surface area (Å²) >= 11 is 0. The van der Waals surface area contributed by atoms with Crippen LogP contribution in [-0.2, 0) is 14.3 Å².